The Morgan fingerprint density at radius 3 is 2.62 bits per heavy atom. The number of carbonyl (C=O) groups is 2. The highest BCUT2D eigenvalue weighted by Gasteiger charge is 2.27. The Morgan fingerprint density at radius 1 is 1.12 bits per heavy atom. The van der Waals surface area contributed by atoms with Gasteiger partial charge in [-0.05, 0) is 25.7 Å². The fourth-order valence-corrected chi connectivity index (χ4v) is 2.96. The molecule has 5 heteroatoms. The van der Waals surface area contributed by atoms with Crippen molar-refractivity contribution in [3.05, 3.63) is 60.2 Å². The first-order chi connectivity index (χ1) is 11.7. The second-order valence-electron chi connectivity index (χ2n) is 6.04. The molecular formula is C19H21N2O3+. The summed E-state index contributed by atoms with van der Waals surface area (Å²) in [4.78, 5) is 28.8. The highest BCUT2D eigenvalue weighted by molar-refractivity contribution is 5.95. The minimum atomic E-state index is -0.407. The van der Waals surface area contributed by atoms with Crippen LogP contribution in [0.5, 0.6) is 0 Å². The molecule has 1 heterocycles. The number of Topliss-reactive ketones (excluding diaryl/α,β-unsaturated/α-hetero) is 1. The Hall–Kier alpha value is -2.56. The molecule has 0 atom stereocenters. The molecule has 24 heavy (non-hydrogen) atoms. The van der Waals surface area contributed by atoms with Gasteiger partial charge in [0.2, 0.25) is 12.3 Å². The average molecular weight is 325 g/mol. The Bertz CT molecular complexity index is 710. The van der Waals surface area contributed by atoms with E-state index in [0.29, 0.717) is 11.3 Å². The molecule has 0 amide bonds. The van der Waals surface area contributed by atoms with Crippen LogP contribution in [-0.4, -0.2) is 22.8 Å². The maximum Gasteiger partial charge on any atom is 0.405 e. The number of hydrogen-bond donors (Lipinski definition) is 0. The summed E-state index contributed by atoms with van der Waals surface area (Å²) < 4.78 is 7.20. The number of nitrogens with zero attached hydrogens (tertiary/aromatic N) is 2. The summed E-state index contributed by atoms with van der Waals surface area (Å²) in [5.41, 5.74) is 0.931. The first kappa shape index (κ1) is 16.3. The zero-order valence-electron chi connectivity index (χ0n) is 13.6. The van der Waals surface area contributed by atoms with Crippen molar-refractivity contribution in [2.45, 2.75) is 44.8 Å². The van der Waals surface area contributed by atoms with Crippen LogP contribution < -0.4 is 4.57 Å². The highest BCUT2D eigenvalue weighted by atomic mass is 16.5. The lowest BCUT2D eigenvalue weighted by Crippen LogP contribution is -2.44. The summed E-state index contributed by atoms with van der Waals surface area (Å²) in [7, 11) is 0. The number of aromatic nitrogens is 2. The van der Waals surface area contributed by atoms with E-state index in [4.69, 9.17) is 4.74 Å². The van der Waals surface area contributed by atoms with Crippen LogP contribution in [0.2, 0.25) is 0 Å². The van der Waals surface area contributed by atoms with Crippen LogP contribution in [-0.2, 0) is 11.3 Å². The second kappa shape index (κ2) is 7.81. The van der Waals surface area contributed by atoms with Gasteiger partial charge in [0.25, 0.3) is 0 Å². The van der Waals surface area contributed by atoms with Gasteiger partial charge in [-0.1, -0.05) is 36.8 Å². The van der Waals surface area contributed by atoms with E-state index >= 15 is 0 Å². The molecule has 1 saturated carbocycles. The van der Waals surface area contributed by atoms with Crippen molar-refractivity contribution < 1.29 is 18.9 Å². The van der Waals surface area contributed by atoms with Crippen molar-refractivity contribution in [3.8, 4) is 0 Å². The molecule has 0 aliphatic heterocycles. The summed E-state index contributed by atoms with van der Waals surface area (Å²) in [6, 6.07) is 9.04. The molecule has 0 unspecified atom stereocenters. The zero-order chi connectivity index (χ0) is 16.8. The molecule has 0 radical (unpaired) electrons. The summed E-state index contributed by atoms with van der Waals surface area (Å²) >= 11 is 0. The molecule has 1 aromatic carbocycles. The molecule has 3 rings (SSSR count). The SMILES string of the molecule is O=C(C[n+]1ccncc1C(=O)OC1CCCCC1)c1ccccc1. The third-order valence-corrected chi connectivity index (χ3v) is 4.28. The maximum atomic E-state index is 12.5. The van der Waals surface area contributed by atoms with Crippen molar-refractivity contribution in [2.75, 3.05) is 0 Å². The number of ether oxygens (including phenoxy) is 1. The second-order valence-corrected chi connectivity index (χ2v) is 6.04. The van der Waals surface area contributed by atoms with Gasteiger partial charge >= 0.3 is 11.7 Å². The molecule has 1 aromatic heterocycles. The lowest BCUT2D eigenvalue weighted by atomic mass is 9.98. The number of carbonyl (C=O) groups excluding carboxylic acids is 2. The topological polar surface area (TPSA) is 60.1 Å². The Kier molecular flexibility index (Phi) is 5.31. The lowest BCUT2D eigenvalue weighted by molar-refractivity contribution is -0.686. The predicted molar refractivity (Wildman–Crippen MR) is 87.5 cm³/mol. The highest BCUT2D eigenvalue weighted by Crippen LogP contribution is 2.20. The molecule has 1 fully saturated rings. The number of benzene rings is 1. The van der Waals surface area contributed by atoms with Gasteiger partial charge in [0, 0.05) is 5.56 Å². The van der Waals surface area contributed by atoms with Crippen LogP contribution in [0.15, 0.2) is 48.9 Å². The maximum absolute atomic E-state index is 12.5. The van der Waals surface area contributed by atoms with Crippen molar-refractivity contribution in [1.29, 1.82) is 0 Å². The fourth-order valence-electron chi connectivity index (χ4n) is 2.96. The number of rotatable bonds is 5. The van der Waals surface area contributed by atoms with Crippen molar-refractivity contribution in [1.82, 2.24) is 4.98 Å². The Labute approximate surface area is 141 Å². The smallest absolute Gasteiger partial charge is 0.405 e. The van der Waals surface area contributed by atoms with E-state index in [1.54, 1.807) is 29.1 Å². The van der Waals surface area contributed by atoms with Crippen molar-refractivity contribution >= 4 is 11.8 Å². The van der Waals surface area contributed by atoms with E-state index in [2.05, 4.69) is 4.98 Å². The predicted octanol–water partition coefficient (Wildman–Crippen LogP) is 2.74. The summed E-state index contributed by atoms with van der Waals surface area (Å²) in [5, 5.41) is 0. The quantitative estimate of drug-likeness (QED) is 0.482. The minimum Gasteiger partial charge on any atom is -0.454 e. The van der Waals surface area contributed by atoms with E-state index in [1.165, 1.54) is 12.6 Å². The van der Waals surface area contributed by atoms with E-state index in [0.717, 1.165) is 25.7 Å². The zero-order valence-corrected chi connectivity index (χ0v) is 13.6. The molecule has 0 bridgehead atoms. The first-order valence-corrected chi connectivity index (χ1v) is 8.37. The van der Waals surface area contributed by atoms with E-state index in [9.17, 15) is 9.59 Å². The molecule has 124 valence electrons. The molecule has 2 aromatic rings. The average Bonchev–Trinajstić information content (AvgIpc) is 2.63. The van der Waals surface area contributed by atoms with Crippen LogP contribution >= 0.6 is 0 Å². The molecule has 0 spiro atoms. The third-order valence-electron chi connectivity index (χ3n) is 4.28. The lowest BCUT2D eigenvalue weighted by Gasteiger charge is -2.21. The summed E-state index contributed by atoms with van der Waals surface area (Å²) in [6.45, 7) is 0.0850. The van der Waals surface area contributed by atoms with E-state index < -0.39 is 5.97 Å². The van der Waals surface area contributed by atoms with Gasteiger partial charge in [-0.2, -0.15) is 4.57 Å². The van der Waals surface area contributed by atoms with Crippen LogP contribution in [0.1, 0.15) is 53.0 Å². The molecule has 0 saturated heterocycles. The van der Waals surface area contributed by atoms with Gasteiger partial charge in [0.05, 0.1) is 6.20 Å². The van der Waals surface area contributed by atoms with Gasteiger partial charge in [0.15, 0.2) is 6.20 Å². The van der Waals surface area contributed by atoms with Crippen molar-refractivity contribution in [3.63, 3.8) is 0 Å². The van der Waals surface area contributed by atoms with E-state index in [-0.39, 0.29) is 18.4 Å². The normalized spacial score (nSPS) is 15.0. The summed E-state index contributed by atoms with van der Waals surface area (Å²) in [5.74, 6) is -0.464. The third kappa shape index (κ3) is 4.04. The van der Waals surface area contributed by atoms with Crippen LogP contribution in [0.25, 0.3) is 0 Å². The van der Waals surface area contributed by atoms with Gasteiger partial charge < -0.3 is 4.74 Å². The summed E-state index contributed by atoms with van der Waals surface area (Å²) in [6.07, 6.45) is 9.85. The molecule has 1 aliphatic rings. The minimum absolute atomic E-state index is 0.0234. The number of ketones is 1. The van der Waals surface area contributed by atoms with Gasteiger partial charge in [-0.3, -0.25) is 9.78 Å². The standard InChI is InChI=1S/C19H21N2O3/c22-18(15-7-3-1-4-8-15)14-21-12-11-20-13-17(21)19(23)24-16-9-5-2-6-10-16/h1,3-4,7-8,11-13,16H,2,5-6,9-10,14H2/q+1. The fraction of sp³-hybridized carbons (Fsp3) is 0.368. The monoisotopic (exact) mass is 325 g/mol. The largest absolute Gasteiger partial charge is 0.454 e. The molecule has 5 nitrogen and oxygen atoms in total. The van der Waals surface area contributed by atoms with Crippen LogP contribution in [0.3, 0.4) is 0 Å². The number of hydrogen-bond acceptors (Lipinski definition) is 4. The van der Waals surface area contributed by atoms with E-state index in [1.807, 2.05) is 18.2 Å². The Balaban J connectivity index is 1.72. The molecular weight excluding hydrogens is 304 g/mol. The van der Waals surface area contributed by atoms with Crippen LogP contribution in [0.4, 0.5) is 0 Å². The van der Waals surface area contributed by atoms with Gasteiger partial charge in [-0.25, -0.2) is 4.79 Å². The molecule has 1 aliphatic carbocycles. The Morgan fingerprint density at radius 2 is 1.88 bits per heavy atom. The van der Waals surface area contributed by atoms with Crippen molar-refractivity contribution in [2.24, 2.45) is 0 Å². The molecule has 0 N–H and O–H groups in total. The van der Waals surface area contributed by atoms with Gasteiger partial charge in [-0.15, -0.1) is 0 Å². The van der Waals surface area contributed by atoms with Gasteiger partial charge in [0.1, 0.15) is 12.3 Å². The first-order valence-electron chi connectivity index (χ1n) is 8.37. The number of esters is 1. The van der Waals surface area contributed by atoms with Crippen LogP contribution in [0, 0.1) is 0 Å².